The van der Waals surface area contributed by atoms with Gasteiger partial charge in [0.05, 0.1) is 17.2 Å². The van der Waals surface area contributed by atoms with Crippen LogP contribution >= 0.6 is 11.3 Å². The zero-order valence-corrected chi connectivity index (χ0v) is 14.5. The first-order valence-electron chi connectivity index (χ1n) is 7.05. The van der Waals surface area contributed by atoms with Crippen LogP contribution < -0.4 is 4.72 Å². The van der Waals surface area contributed by atoms with Gasteiger partial charge in [-0.2, -0.15) is 0 Å². The molecule has 3 aromatic rings. The van der Waals surface area contributed by atoms with Crippen LogP contribution in [0, 0.1) is 0 Å². The van der Waals surface area contributed by atoms with E-state index in [0.29, 0.717) is 17.4 Å². The fourth-order valence-electron chi connectivity index (χ4n) is 2.11. The lowest BCUT2D eigenvalue weighted by Crippen LogP contribution is -2.13. The third kappa shape index (κ3) is 3.78. The van der Waals surface area contributed by atoms with Gasteiger partial charge in [-0.15, -0.1) is 11.3 Å². The largest absolute Gasteiger partial charge is 0.380 e. The Kier molecular flexibility index (Phi) is 4.89. The maximum atomic E-state index is 12.5. The van der Waals surface area contributed by atoms with Gasteiger partial charge in [-0.1, -0.05) is 12.1 Å². The van der Waals surface area contributed by atoms with Gasteiger partial charge in [0.25, 0.3) is 10.0 Å². The number of nitrogens with one attached hydrogen (secondary N) is 1. The molecule has 0 saturated carbocycles. The minimum Gasteiger partial charge on any atom is -0.380 e. The average Bonchev–Trinajstić information content (AvgIpc) is 3.04. The Balaban J connectivity index is 1.82. The Hall–Kier alpha value is -2.29. The molecule has 2 heterocycles. The summed E-state index contributed by atoms with van der Waals surface area (Å²) in [5.74, 6) is 0. The normalized spacial score (nSPS) is 11.4. The van der Waals surface area contributed by atoms with Crippen molar-refractivity contribution in [2.45, 2.75) is 11.5 Å². The molecule has 0 fully saturated rings. The summed E-state index contributed by atoms with van der Waals surface area (Å²) in [5, 5.41) is 2.10. The van der Waals surface area contributed by atoms with E-state index in [-0.39, 0.29) is 4.90 Å². The number of sulfonamides is 1. The van der Waals surface area contributed by atoms with E-state index in [0.717, 1.165) is 11.1 Å². The standard InChI is InChI=1S/C16H15N3O3S2/c1-22-10-12-4-2-6-14(8-12)24(20,21)19-16-18-15(11-23-16)13-5-3-7-17-9-13/h2-9,11H,10H2,1H3,(H,18,19). The first-order valence-corrected chi connectivity index (χ1v) is 9.41. The lowest BCUT2D eigenvalue weighted by molar-refractivity contribution is 0.184. The molecule has 124 valence electrons. The van der Waals surface area contributed by atoms with Crippen LogP contribution in [0.4, 0.5) is 5.13 Å². The Morgan fingerprint density at radius 2 is 2.12 bits per heavy atom. The number of thiazole rings is 1. The van der Waals surface area contributed by atoms with E-state index in [9.17, 15) is 8.42 Å². The summed E-state index contributed by atoms with van der Waals surface area (Å²) in [6.45, 7) is 0.353. The quantitative estimate of drug-likeness (QED) is 0.729. The van der Waals surface area contributed by atoms with E-state index in [1.54, 1.807) is 43.1 Å². The molecule has 0 radical (unpaired) electrons. The van der Waals surface area contributed by atoms with E-state index in [1.807, 2.05) is 12.1 Å². The summed E-state index contributed by atoms with van der Waals surface area (Å²) >= 11 is 1.23. The smallest absolute Gasteiger partial charge is 0.263 e. The summed E-state index contributed by atoms with van der Waals surface area (Å²) in [6, 6.07) is 10.3. The molecular weight excluding hydrogens is 346 g/mol. The number of rotatable bonds is 6. The second-order valence-corrected chi connectivity index (χ2v) is 7.51. The molecule has 6 nitrogen and oxygen atoms in total. The first kappa shape index (κ1) is 16.6. The summed E-state index contributed by atoms with van der Waals surface area (Å²) in [7, 11) is -2.13. The van der Waals surface area contributed by atoms with E-state index < -0.39 is 10.0 Å². The number of methoxy groups -OCH3 is 1. The molecule has 0 unspecified atom stereocenters. The van der Waals surface area contributed by atoms with Crippen molar-refractivity contribution in [3.05, 3.63) is 59.7 Å². The summed E-state index contributed by atoms with van der Waals surface area (Å²) in [6.07, 6.45) is 3.36. The van der Waals surface area contributed by atoms with E-state index in [1.165, 1.54) is 17.4 Å². The lowest BCUT2D eigenvalue weighted by Gasteiger charge is -2.07. The lowest BCUT2D eigenvalue weighted by atomic mass is 10.2. The summed E-state index contributed by atoms with van der Waals surface area (Å²) in [4.78, 5) is 8.52. The van der Waals surface area contributed by atoms with Crippen molar-refractivity contribution in [3.8, 4) is 11.3 Å². The number of benzene rings is 1. The van der Waals surface area contributed by atoms with Crippen LogP contribution in [0.5, 0.6) is 0 Å². The highest BCUT2D eigenvalue weighted by Crippen LogP contribution is 2.26. The van der Waals surface area contributed by atoms with E-state index in [2.05, 4.69) is 14.7 Å². The van der Waals surface area contributed by atoms with Gasteiger partial charge in [-0.25, -0.2) is 13.4 Å². The number of hydrogen-bond acceptors (Lipinski definition) is 6. The van der Waals surface area contributed by atoms with Crippen molar-refractivity contribution < 1.29 is 13.2 Å². The molecule has 0 atom stereocenters. The molecular formula is C16H15N3O3S2. The van der Waals surface area contributed by atoms with Crippen molar-refractivity contribution >= 4 is 26.5 Å². The number of anilines is 1. The Bertz CT molecular complexity index is 925. The second kappa shape index (κ2) is 7.08. The van der Waals surface area contributed by atoms with Gasteiger partial charge in [-0.05, 0) is 29.8 Å². The monoisotopic (exact) mass is 361 g/mol. The molecule has 0 aliphatic heterocycles. The topological polar surface area (TPSA) is 81.2 Å². The molecule has 1 N–H and O–H groups in total. The van der Waals surface area contributed by atoms with Crippen LogP contribution in [-0.2, 0) is 21.4 Å². The SMILES string of the molecule is COCc1cccc(S(=O)(=O)Nc2nc(-c3cccnc3)cs2)c1. The molecule has 0 bridgehead atoms. The fourth-order valence-corrected chi connectivity index (χ4v) is 4.15. The van der Waals surface area contributed by atoms with Gasteiger partial charge >= 0.3 is 0 Å². The minimum absolute atomic E-state index is 0.176. The van der Waals surface area contributed by atoms with Crippen LogP contribution in [-0.4, -0.2) is 25.5 Å². The molecule has 0 amide bonds. The zero-order valence-electron chi connectivity index (χ0n) is 12.8. The number of aromatic nitrogens is 2. The first-order chi connectivity index (χ1) is 11.6. The second-order valence-electron chi connectivity index (χ2n) is 4.97. The van der Waals surface area contributed by atoms with Gasteiger partial charge in [0, 0.05) is 30.4 Å². The molecule has 0 aliphatic carbocycles. The van der Waals surface area contributed by atoms with Crippen LogP contribution in [0.3, 0.4) is 0 Å². The van der Waals surface area contributed by atoms with Gasteiger partial charge in [0.2, 0.25) is 0 Å². The van der Waals surface area contributed by atoms with E-state index >= 15 is 0 Å². The van der Waals surface area contributed by atoms with Gasteiger partial charge < -0.3 is 4.74 Å². The number of ether oxygens (including phenoxy) is 1. The van der Waals surface area contributed by atoms with E-state index in [4.69, 9.17) is 4.74 Å². The Morgan fingerprint density at radius 1 is 1.25 bits per heavy atom. The van der Waals surface area contributed by atoms with Crippen LogP contribution in [0.15, 0.2) is 59.1 Å². The molecule has 0 aliphatic rings. The highest BCUT2D eigenvalue weighted by molar-refractivity contribution is 7.93. The maximum absolute atomic E-state index is 12.5. The van der Waals surface area contributed by atoms with Crippen molar-refractivity contribution in [2.24, 2.45) is 0 Å². The zero-order chi connectivity index (χ0) is 17.0. The minimum atomic E-state index is -3.70. The summed E-state index contributed by atoms with van der Waals surface area (Å²) < 4.78 is 32.6. The number of pyridine rings is 1. The van der Waals surface area contributed by atoms with Gasteiger partial charge in [0.1, 0.15) is 0 Å². The van der Waals surface area contributed by atoms with Crippen molar-refractivity contribution in [3.63, 3.8) is 0 Å². The Morgan fingerprint density at radius 3 is 2.88 bits per heavy atom. The van der Waals surface area contributed by atoms with Crippen molar-refractivity contribution in [1.82, 2.24) is 9.97 Å². The van der Waals surface area contributed by atoms with Crippen molar-refractivity contribution in [1.29, 1.82) is 0 Å². The molecule has 8 heteroatoms. The third-order valence-electron chi connectivity index (χ3n) is 3.20. The highest BCUT2D eigenvalue weighted by Gasteiger charge is 2.17. The molecule has 24 heavy (non-hydrogen) atoms. The van der Waals surface area contributed by atoms with Crippen molar-refractivity contribution in [2.75, 3.05) is 11.8 Å². The third-order valence-corrected chi connectivity index (χ3v) is 5.43. The highest BCUT2D eigenvalue weighted by atomic mass is 32.2. The van der Waals surface area contributed by atoms with Crippen LogP contribution in [0.25, 0.3) is 11.3 Å². The maximum Gasteiger partial charge on any atom is 0.263 e. The van der Waals surface area contributed by atoms with Crippen LogP contribution in [0.1, 0.15) is 5.56 Å². The fraction of sp³-hybridized carbons (Fsp3) is 0.125. The Labute approximate surface area is 144 Å². The number of nitrogens with zero attached hydrogens (tertiary/aromatic N) is 2. The molecule has 1 aromatic carbocycles. The van der Waals surface area contributed by atoms with Gasteiger partial charge in [-0.3, -0.25) is 9.71 Å². The number of hydrogen-bond donors (Lipinski definition) is 1. The van der Waals surface area contributed by atoms with Crippen LogP contribution in [0.2, 0.25) is 0 Å². The predicted molar refractivity (Wildman–Crippen MR) is 93.3 cm³/mol. The van der Waals surface area contributed by atoms with Gasteiger partial charge in [0.15, 0.2) is 5.13 Å². The molecule has 0 saturated heterocycles. The molecule has 3 rings (SSSR count). The predicted octanol–water partition coefficient (Wildman–Crippen LogP) is 3.15. The molecule has 0 spiro atoms. The summed E-state index contributed by atoms with van der Waals surface area (Å²) in [5.41, 5.74) is 2.30. The molecule has 2 aromatic heterocycles. The average molecular weight is 361 g/mol.